The number of unbranched alkanes of at least 4 members (excludes halogenated alkanes) is 10. The van der Waals surface area contributed by atoms with Crippen LogP contribution in [0.5, 0.6) is 0 Å². The Kier molecular flexibility index (Phi) is 19.9. The molecule has 0 saturated heterocycles. The van der Waals surface area contributed by atoms with E-state index in [4.69, 9.17) is 0 Å². The van der Waals surface area contributed by atoms with Gasteiger partial charge in [0, 0.05) is 34.1 Å². The summed E-state index contributed by atoms with van der Waals surface area (Å²) >= 11 is 0. The van der Waals surface area contributed by atoms with Gasteiger partial charge in [0.25, 0.3) is 0 Å². The Hall–Kier alpha value is -7.42. The molecule has 0 aromatic heterocycles. The lowest BCUT2D eigenvalue weighted by Crippen LogP contribution is -2.13. The maximum Gasteiger partial charge on any atom is 0.0467 e. The van der Waals surface area contributed by atoms with Gasteiger partial charge in [-0.05, 0) is 201 Å². The van der Waals surface area contributed by atoms with Crippen LogP contribution in [-0.4, -0.2) is 0 Å². The number of rotatable bonds is 24. The van der Waals surface area contributed by atoms with Crippen molar-refractivity contribution in [3.05, 3.63) is 240 Å². The Morgan fingerprint density at radius 3 is 0.963 bits per heavy atom. The standard InChI is InChI=1S/C80H92N2/c1-11-13-15-17-19-23-35-65-57-78(64-38-30-40-72(56-64)82(70-47-43-68(44-48-70)80(8,9)10)74-50-52-76(60(4)54-74)62-33-27-22-28-34-62)66(36-24-20-18-16-14-12-2)58-77(65)63-37-29-39-71(55-63)81(69-45-41-67(42-46-69)79(5,6)7)73-49-51-75(59(3)53-73)61-31-25-21-26-32-61/h21-22,25-34,37-58H,11-20,23-24,35-36H2,1-10H3. The zero-order valence-corrected chi connectivity index (χ0v) is 51.4. The van der Waals surface area contributed by atoms with Gasteiger partial charge in [0.1, 0.15) is 0 Å². The van der Waals surface area contributed by atoms with E-state index in [9.17, 15) is 0 Å². The number of hydrogen-bond donors (Lipinski definition) is 0. The van der Waals surface area contributed by atoms with E-state index in [0.29, 0.717) is 0 Å². The van der Waals surface area contributed by atoms with E-state index < -0.39 is 0 Å². The third kappa shape index (κ3) is 14.8. The quantitative estimate of drug-likeness (QED) is 0.0557. The molecule has 2 heteroatoms. The van der Waals surface area contributed by atoms with Crippen molar-refractivity contribution in [3.63, 3.8) is 0 Å². The number of aryl methyl sites for hydroxylation is 4. The summed E-state index contributed by atoms with van der Waals surface area (Å²) in [5.41, 5.74) is 25.4. The van der Waals surface area contributed by atoms with Gasteiger partial charge in [-0.1, -0.05) is 253 Å². The van der Waals surface area contributed by atoms with E-state index >= 15 is 0 Å². The molecular formula is C80H92N2. The van der Waals surface area contributed by atoms with E-state index in [0.717, 1.165) is 47.0 Å². The molecule has 2 nitrogen and oxygen atoms in total. The van der Waals surface area contributed by atoms with Gasteiger partial charge in [-0.2, -0.15) is 0 Å². The molecule has 0 bridgehead atoms. The molecule has 0 saturated carbocycles. The van der Waals surface area contributed by atoms with Crippen molar-refractivity contribution in [2.24, 2.45) is 0 Å². The van der Waals surface area contributed by atoms with Gasteiger partial charge in [-0.15, -0.1) is 0 Å². The van der Waals surface area contributed by atoms with Gasteiger partial charge >= 0.3 is 0 Å². The van der Waals surface area contributed by atoms with E-state index in [1.165, 1.54) is 155 Å². The first kappa shape index (κ1) is 59.2. The minimum absolute atomic E-state index is 0.0519. The zero-order valence-electron chi connectivity index (χ0n) is 51.4. The summed E-state index contributed by atoms with van der Waals surface area (Å²) in [6.45, 7) is 22.9. The summed E-state index contributed by atoms with van der Waals surface area (Å²) in [4.78, 5) is 4.95. The number of anilines is 6. The summed E-state index contributed by atoms with van der Waals surface area (Å²) in [7, 11) is 0. The van der Waals surface area contributed by atoms with E-state index in [1.807, 2.05) is 0 Å². The van der Waals surface area contributed by atoms with Crippen LogP contribution in [0.15, 0.2) is 206 Å². The van der Waals surface area contributed by atoms with E-state index in [1.54, 1.807) is 0 Å². The zero-order chi connectivity index (χ0) is 57.6. The van der Waals surface area contributed by atoms with Crippen LogP contribution in [0.2, 0.25) is 0 Å². The average Bonchev–Trinajstić information content (AvgIpc) is 3.65. The molecule has 0 heterocycles. The summed E-state index contributed by atoms with van der Waals surface area (Å²) < 4.78 is 0. The van der Waals surface area contributed by atoms with Crippen LogP contribution >= 0.6 is 0 Å². The molecule has 0 radical (unpaired) electrons. The van der Waals surface area contributed by atoms with Gasteiger partial charge in [0.05, 0.1) is 0 Å². The predicted molar refractivity (Wildman–Crippen MR) is 359 cm³/mol. The summed E-state index contributed by atoms with van der Waals surface area (Å²) in [6, 6.07) is 78.3. The fourth-order valence-electron chi connectivity index (χ4n) is 12.0. The van der Waals surface area contributed by atoms with Crippen molar-refractivity contribution in [1.82, 2.24) is 0 Å². The van der Waals surface area contributed by atoms with Crippen molar-refractivity contribution in [2.45, 2.75) is 170 Å². The van der Waals surface area contributed by atoms with Crippen molar-refractivity contribution in [2.75, 3.05) is 9.80 Å². The number of hydrogen-bond acceptors (Lipinski definition) is 2. The smallest absolute Gasteiger partial charge is 0.0467 e. The third-order valence-corrected chi connectivity index (χ3v) is 16.8. The molecule has 9 aromatic carbocycles. The fourth-order valence-corrected chi connectivity index (χ4v) is 12.0. The lowest BCUT2D eigenvalue weighted by molar-refractivity contribution is 0.590. The van der Waals surface area contributed by atoms with Crippen LogP contribution in [0.25, 0.3) is 44.5 Å². The highest BCUT2D eigenvalue weighted by Gasteiger charge is 2.22. The molecule has 0 atom stereocenters. The molecular weight excluding hydrogens is 989 g/mol. The Balaban J connectivity index is 1.18. The lowest BCUT2D eigenvalue weighted by atomic mass is 9.86. The molecule has 82 heavy (non-hydrogen) atoms. The highest BCUT2D eigenvalue weighted by molar-refractivity contribution is 5.86. The van der Waals surface area contributed by atoms with Crippen molar-refractivity contribution < 1.29 is 0 Å². The van der Waals surface area contributed by atoms with Crippen LogP contribution in [0.4, 0.5) is 34.1 Å². The molecule has 0 spiro atoms. The first-order valence-electron chi connectivity index (χ1n) is 31.2. The Morgan fingerprint density at radius 2 is 0.610 bits per heavy atom. The van der Waals surface area contributed by atoms with Crippen LogP contribution in [0.1, 0.15) is 166 Å². The van der Waals surface area contributed by atoms with Crippen LogP contribution in [-0.2, 0) is 23.7 Å². The third-order valence-electron chi connectivity index (χ3n) is 16.8. The Labute approximate surface area is 495 Å². The summed E-state index contributed by atoms with van der Waals surface area (Å²) in [5, 5.41) is 0. The minimum Gasteiger partial charge on any atom is -0.310 e. The van der Waals surface area contributed by atoms with Crippen molar-refractivity contribution in [3.8, 4) is 44.5 Å². The monoisotopic (exact) mass is 1080 g/mol. The molecule has 0 unspecified atom stereocenters. The lowest BCUT2D eigenvalue weighted by Gasteiger charge is -2.28. The molecule has 0 fully saturated rings. The second-order valence-electron chi connectivity index (χ2n) is 25.3. The van der Waals surface area contributed by atoms with Crippen LogP contribution < -0.4 is 9.80 Å². The van der Waals surface area contributed by atoms with Crippen molar-refractivity contribution in [1.29, 1.82) is 0 Å². The largest absolute Gasteiger partial charge is 0.310 e. The molecule has 0 aliphatic heterocycles. The highest BCUT2D eigenvalue weighted by Crippen LogP contribution is 2.44. The van der Waals surface area contributed by atoms with Gasteiger partial charge in [-0.3, -0.25) is 0 Å². The van der Waals surface area contributed by atoms with Crippen molar-refractivity contribution >= 4 is 34.1 Å². The maximum atomic E-state index is 2.62. The number of benzene rings is 9. The summed E-state index contributed by atoms with van der Waals surface area (Å²) in [6.07, 6.45) is 17.2. The van der Waals surface area contributed by atoms with Gasteiger partial charge < -0.3 is 9.80 Å². The molecule has 0 aliphatic carbocycles. The normalized spacial score (nSPS) is 11.7. The molecule has 9 aromatic rings. The fraction of sp³-hybridized carbons (Fsp3) is 0.325. The Morgan fingerprint density at radius 1 is 0.280 bits per heavy atom. The first-order valence-corrected chi connectivity index (χ1v) is 31.2. The SMILES string of the molecule is CCCCCCCCc1cc(-c2cccc(N(c3ccc(C(C)(C)C)cc3)c3ccc(-c4ccccc4)c(C)c3)c2)c(CCCCCCCC)cc1-c1cccc(N(c2ccc(C(C)(C)C)cc2)c2ccc(-c3ccccc3)c(C)c2)c1. The predicted octanol–water partition coefficient (Wildman–Crippen LogP) is 24.3. The Bertz CT molecular complexity index is 3230. The molecule has 9 rings (SSSR count). The number of nitrogens with zero attached hydrogens (tertiary/aromatic N) is 2. The maximum absolute atomic E-state index is 2.62. The second kappa shape index (κ2) is 27.6. The molecule has 0 aliphatic rings. The average molecular weight is 1080 g/mol. The van der Waals surface area contributed by atoms with Crippen LogP contribution in [0.3, 0.4) is 0 Å². The minimum atomic E-state index is 0.0519. The summed E-state index contributed by atoms with van der Waals surface area (Å²) in [5.74, 6) is 0. The van der Waals surface area contributed by atoms with E-state index in [2.05, 4.69) is 285 Å². The van der Waals surface area contributed by atoms with Crippen LogP contribution in [0, 0.1) is 13.8 Å². The van der Waals surface area contributed by atoms with Gasteiger partial charge in [0.15, 0.2) is 0 Å². The second-order valence-corrected chi connectivity index (χ2v) is 25.3. The highest BCUT2D eigenvalue weighted by atomic mass is 15.1. The topological polar surface area (TPSA) is 6.48 Å². The molecule has 0 N–H and O–H groups in total. The molecule has 422 valence electrons. The van der Waals surface area contributed by atoms with Gasteiger partial charge in [-0.25, -0.2) is 0 Å². The van der Waals surface area contributed by atoms with Gasteiger partial charge in [0.2, 0.25) is 0 Å². The first-order chi connectivity index (χ1) is 39.7. The van der Waals surface area contributed by atoms with E-state index in [-0.39, 0.29) is 10.8 Å². The molecule has 0 amide bonds.